The van der Waals surface area contributed by atoms with Crippen molar-refractivity contribution >= 4 is 11.6 Å². The molecule has 2 heterocycles. The molecule has 0 aliphatic carbocycles. The molecule has 7 nitrogen and oxygen atoms in total. The van der Waals surface area contributed by atoms with Gasteiger partial charge in [-0.3, -0.25) is 4.79 Å². The van der Waals surface area contributed by atoms with E-state index in [-0.39, 0.29) is 5.91 Å². The molecule has 25 heavy (non-hydrogen) atoms. The second kappa shape index (κ2) is 7.65. The Labute approximate surface area is 145 Å². The minimum absolute atomic E-state index is 0.142. The predicted molar refractivity (Wildman–Crippen MR) is 92.1 cm³/mol. The number of carbonyl (C=O) groups is 1. The first-order valence-corrected chi connectivity index (χ1v) is 8.12. The van der Waals surface area contributed by atoms with E-state index >= 15 is 0 Å². The average molecular weight is 340 g/mol. The van der Waals surface area contributed by atoms with Crippen LogP contribution in [0.1, 0.15) is 40.3 Å². The van der Waals surface area contributed by atoms with Crippen LogP contribution in [-0.4, -0.2) is 16.0 Å². The van der Waals surface area contributed by atoms with Crippen molar-refractivity contribution in [3.05, 3.63) is 65.2 Å². The fourth-order valence-corrected chi connectivity index (χ4v) is 2.37. The van der Waals surface area contributed by atoms with E-state index in [1.165, 1.54) is 0 Å². The Morgan fingerprint density at radius 3 is 2.80 bits per heavy atom. The minimum Gasteiger partial charge on any atom is -0.467 e. The lowest BCUT2D eigenvalue weighted by atomic mass is 10.1. The smallest absolute Gasteiger partial charge is 0.251 e. The zero-order valence-corrected chi connectivity index (χ0v) is 14.2. The number of aromatic nitrogens is 2. The molecule has 0 saturated carbocycles. The molecule has 0 fully saturated rings. The third-order valence-corrected chi connectivity index (χ3v) is 3.74. The van der Waals surface area contributed by atoms with Crippen LogP contribution in [0, 0.1) is 6.92 Å². The zero-order chi connectivity index (χ0) is 17.6. The fraction of sp³-hybridized carbons (Fsp3) is 0.278. The van der Waals surface area contributed by atoms with Crippen LogP contribution in [0.4, 0.5) is 5.69 Å². The van der Waals surface area contributed by atoms with Crippen LogP contribution in [-0.2, 0) is 19.5 Å². The van der Waals surface area contributed by atoms with E-state index in [2.05, 4.69) is 20.8 Å². The van der Waals surface area contributed by atoms with Gasteiger partial charge in [-0.15, -0.1) is 0 Å². The van der Waals surface area contributed by atoms with Crippen molar-refractivity contribution in [1.29, 1.82) is 0 Å². The topological polar surface area (TPSA) is 93.2 Å². The summed E-state index contributed by atoms with van der Waals surface area (Å²) >= 11 is 0. The molecule has 0 atom stereocenters. The highest BCUT2D eigenvalue weighted by Crippen LogP contribution is 2.17. The monoisotopic (exact) mass is 340 g/mol. The number of carbonyl (C=O) groups excluding carboxylic acids is 1. The molecule has 0 spiro atoms. The first-order chi connectivity index (χ1) is 12.2. The SMILES string of the molecule is CCc1nc(CNc2ccc(C(=O)NCc3ccco3)cc2C)no1. The van der Waals surface area contributed by atoms with Crippen molar-refractivity contribution in [3.8, 4) is 0 Å². The van der Waals surface area contributed by atoms with Crippen LogP contribution < -0.4 is 10.6 Å². The van der Waals surface area contributed by atoms with Crippen molar-refractivity contribution in [2.75, 3.05) is 5.32 Å². The minimum atomic E-state index is -0.142. The van der Waals surface area contributed by atoms with E-state index in [1.54, 1.807) is 18.4 Å². The number of anilines is 1. The van der Waals surface area contributed by atoms with Gasteiger partial charge in [0.15, 0.2) is 5.82 Å². The van der Waals surface area contributed by atoms with Crippen LogP contribution in [0.15, 0.2) is 45.5 Å². The first kappa shape index (κ1) is 16.8. The van der Waals surface area contributed by atoms with Gasteiger partial charge in [0.05, 0.1) is 19.4 Å². The molecule has 0 aliphatic rings. The summed E-state index contributed by atoms with van der Waals surface area (Å²) in [6.07, 6.45) is 2.30. The Morgan fingerprint density at radius 1 is 1.24 bits per heavy atom. The molecule has 0 bridgehead atoms. The molecule has 2 N–H and O–H groups in total. The summed E-state index contributed by atoms with van der Waals surface area (Å²) in [6.45, 7) is 4.74. The van der Waals surface area contributed by atoms with E-state index in [0.29, 0.717) is 36.8 Å². The van der Waals surface area contributed by atoms with Crippen LogP contribution in [0.5, 0.6) is 0 Å². The second-order valence-corrected chi connectivity index (χ2v) is 5.60. The van der Waals surface area contributed by atoms with Gasteiger partial charge in [0.2, 0.25) is 5.89 Å². The van der Waals surface area contributed by atoms with Gasteiger partial charge in [0.1, 0.15) is 5.76 Å². The lowest BCUT2D eigenvalue weighted by Crippen LogP contribution is -2.22. The van der Waals surface area contributed by atoms with Crippen LogP contribution in [0.3, 0.4) is 0 Å². The van der Waals surface area contributed by atoms with Crippen molar-refractivity contribution in [2.45, 2.75) is 33.4 Å². The van der Waals surface area contributed by atoms with Crippen LogP contribution in [0.25, 0.3) is 0 Å². The van der Waals surface area contributed by atoms with Gasteiger partial charge in [0.25, 0.3) is 5.91 Å². The maximum Gasteiger partial charge on any atom is 0.251 e. The molecule has 3 aromatic rings. The number of amides is 1. The summed E-state index contributed by atoms with van der Waals surface area (Å²) in [5.74, 6) is 1.81. The first-order valence-electron chi connectivity index (χ1n) is 8.12. The summed E-state index contributed by atoms with van der Waals surface area (Å²) in [5, 5.41) is 9.99. The third-order valence-electron chi connectivity index (χ3n) is 3.74. The fourth-order valence-electron chi connectivity index (χ4n) is 2.37. The molecule has 0 aliphatic heterocycles. The summed E-state index contributed by atoms with van der Waals surface area (Å²) in [7, 11) is 0. The van der Waals surface area contributed by atoms with Crippen molar-refractivity contribution in [1.82, 2.24) is 15.5 Å². The number of hydrogen-bond donors (Lipinski definition) is 2. The van der Waals surface area contributed by atoms with Gasteiger partial charge in [-0.2, -0.15) is 4.98 Å². The summed E-state index contributed by atoms with van der Waals surface area (Å²) in [5.41, 5.74) is 2.48. The summed E-state index contributed by atoms with van der Waals surface area (Å²) in [6, 6.07) is 9.10. The molecular weight excluding hydrogens is 320 g/mol. The zero-order valence-electron chi connectivity index (χ0n) is 14.2. The van der Waals surface area contributed by atoms with Crippen molar-refractivity contribution in [3.63, 3.8) is 0 Å². The van der Waals surface area contributed by atoms with Crippen LogP contribution in [0.2, 0.25) is 0 Å². The Balaban J connectivity index is 1.58. The number of benzene rings is 1. The molecule has 2 aromatic heterocycles. The predicted octanol–water partition coefficient (Wildman–Crippen LogP) is 3.08. The van der Waals surface area contributed by atoms with Gasteiger partial charge in [-0.25, -0.2) is 0 Å². The van der Waals surface area contributed by atoms with E-state index in [9.17, 15) is 4.79 Å². The second-order valence-electron chi connectivity index (χ2n) is 5.60. The third kappa shape index (κ3) is 4.26. The Hall–Kier alpha value is -3.09. The lowest BCUT2D eigenvalue weighted by Gasteiger charge is -2.10. The molecule has 1 amide bonds. The van der Waals surface area contributed by atoms with E-state index in [0.717, 1.165) is 17.0 Å². The highest BCUT2D eigenvalue weighted by atomic mass is 16.5. The standard InChI is InChI=1S/C18H20N4O3/c1-3-17-21-16(22-25-17)11-19-15-7-6-13(9-12(15)2)18(23)20-10-14-5-4-8-24-14/h4-9,19H,3,10-11H2,1-2H3,(H,20,23). The van der Waals surface area contributed by atoms with E-state index in [4.69, 9.17) is 8.94 Å². The van der Waals surface area contributed by atoms with Crippen LogP contribution >= 0.6 is 0 Å². The molecule has 7 heteroatoms. The van der Waals surface area contributed by atoms with Gasteiger partial charge in [-0.1, -0.05) is 12.1 Å². The molecule has 0 saturated heterocycles. The average Bonchev–Trinajstić information content (AvgIpc) is 3.30. The molecule has 0 unspecified atom stereocenters. The quantitative estimate of drug-likeness (QED) is 0.686. The summed E-state index contributed by atoms with van der Waals surface area (Å²) < 4.78 is 10.3. The number of rotatable bonds is 7. The maximum atomic E-state index is 12.2. The highest BCUT2D eigenvalue weighted by molar-refractivity contribution is 5.94. The Morgan fingerprint density at radius 2 is 2.12 bits per heavy atom. The Bertz CT molecular complexity index is 840. The Kier molecular flexibility index (Phi) is 5.13. The van der Waals surface area contributed by atoms with E-state index in [1.807, 2.05) is 32.0 Å². The maximum absolute atomic E-state index is 12.2. The van der Waals surface area contributed by atoms with Gasteiger partial charge in [0, 0.05) is 17.7 Å². The van der Waals surface area contributed by atoms with E-state index < -0.39 is 0 Å². The molecule has 0 radical (unpaired) electrons. The van der Waals surface area contributed by atoms with Gasteiger partial charge >= 0.3 is 0 Å². The largest absolute Gasteiger partial charge is 0.467 e. The number of furan rings is 1. The van der Waals surface area contributed by atoms with Crippen molar-refractivity contribution < 1.29 is 13.7 Å². The number of hydrogen-bond acceptors (Lipinski definition) is 6. The molecular formula is C18H20N4O3. The number of nitrogens with zero attached hydrogens (tertiary/aromatic N) is 2. The highest BCUT2D eigenvalue weighted by Gasteiger charge is 2.09. The molecule has 130 valence electrons. The summed E-state index contributed by atoms with van der Waals surface area (Å²) in [4.78, 5) is 16.5. The molecule has 1 aromatic carbocycles. The van der Waals surface area contributed by atoms with Gasteiger partial charge < -0.3 is 19.6 Å². The lowest BCUT2D eigenvalue weighted by molar-refractivity contribution is 0.0948. The van der Waals surface area contributed by atoms with Crippen molar-refractivity contribution in [2.24, 2.45) is 0 Å². The normalized spacial score (nSPS) is 10.6. The number of aryl methyl sites for hydroxylation is 2. The molecule has 3 rings (SSSR count). The van der Waals surface area contributed by atoms with Gasteiger partial charge in [-0.05, 0) is 42.8 Å². The number of nitrogens with one attached hydrogen (secondary N) is 2.